The summed E-state index contributed by atoms with van der Waals surface area (Å²) in [4.78, 5) is 14.8. The van der Waals surface area contributed by atoms with Gasteiger partial charge in [-0.25, -0.2) is 0 Å². The number of carbonyl (C=O) groups excluding carboxylic acids is 1. The van der Waals surface area contributed by atoms with E-state index in [4.69, 9.17) is 6.42 Å². The third kappa shape index (κ3) is 2.48. The van der Waals surface area contributed by atoms with E-state index in [2.05, 4.69) is 16.2 Å². The number of rotatable bonds is 3. The van der Waals surface area contributed by atoms with Crippen LogP contribution < -0.4 is 5.32 Å². The van der Waals surface area contributed by atoms with Crippen LogP contribution in [-0.2, 0) is 11.2 Å². The highest BCUT2D eigenvalue weighted by molar-refractivity contribution is 5.89. The Bertz CT molecular complexity index is 577. The summed E-state index contributed by atoms with van der Waals surface area (Å²) in [5, 5.41) is 3.82. The number of H-pyrrole nitrogens is 1. The first-order chi connectivity index (χ1) is 8.20. The second kappa shape index (κ2) is 4.75. The summed E-state index contributed by atoms with van der Waals surface area (Å²) in [6.45, 7) is 1.78. The zero-order valence-corrected chi connectivity index (χ0v) is 9.66. The average molecular weight is 226 g/mol. The lowest BCUT2D eigenvalue weighted by atomic mass is 10.1. The van der Waals surface area contributed by atoms with E-state index in [1.165, 1.54) is 0 Å². The van der Waals surface area contributed by atoms with Gasteiger partial charge in [-0.3, -0.25) is 4.79 Å². The normalized spacial score (nSPS) is 12.0. The van der Waals surface area contributed by atoms with Crippen LogP contribution in [-0.4, -0.2) is 16.9 Å². The molecule has 17 heavy (non-hydrogen) atoms. The van der Waals surface area contributed by atoms with E-state index in [-0.39, 0.29) is 11.9 Å². The smallest absolute Gasteiger partial charge is 0.225 e. The minimum absolute atomic E-state index is 0.0554. The molecule has 0 radical (unpaired) electrons. The maximum Gasteiger partial charge on any atom is 0.225 e. The summed E-state index contributed by atoms with van der Waals surface area (Å²) in [5.41, 5.74) is 2.03. The van der Waals surface area contributed by atoms with Gasteiger partial charge in [0.15, 0.2) is 0 Å². The monoisotopic (exact) mass is 226 g/mol. The zero-order valence-electron chi connectivity index (χ0n) is 9.66. The first-order valence-corrected chi connectivity index (χ1v) is 5.51. The number of hydrogen-bond donors (Lipinski definition) is 2. The summed E-state index contributed by atoms with van der Waals surface area (Å²) >= 11 is 0. The van der Waals surface area contributed by atoms with Crippen LogP contribution in [0.25, 0.3) is 10.9 Å². The standard InChI is InChI=1S/C14H14N2O/c1-3-10(2)16-14(17)8-11-9-15-13-7-5-4-6-12(11)13/h1,4-7,9-10,15H,8H2,2H3,(H,16,17). The van der Waals surface area contributed by atoms with E-state index in [9.17, 15) is 4.79 Å². The minimum atomic E-state index is -0.229. The Hall–Kier alpha value is -2.21. The van der Waals surface area contributed by atoms with Gasteiger partial charge in [-0.1, -0.05) is 24.1 Å². The Kier molecular flexibility index (Phi) is 3.15. The summed E-state index contributed by atoms with van der Waals surface area (Å²) in [6.07, 6.45) is 7.42. The number of carbonyl (C=O) groups is 1. The molecule has 0 spiro atoms. The fourth-order valence-corrected chi connectivity index (χ4v) is 1.79. The molecule has 3 heteroatoms. The van der Waals surface area contributed by atoms with Crippen molar-refractivity contribution in [3.05, 3.63) is 36.0 Å². The van der Waals surface area contributed by atoms with Crippen LogP contribution >= 0.6 is 0 Å². The molecular weight excluding hydrogens is 212 g/mol. The van der Waals surface area contributed by atoms with E-state index in [0.717, 1.165) is 16.5 Å². The van der Waals surface area contributed by atoms with Gasteiger partial charge in [0.1, 0.15) is 0 Å². The Labute approximate surface area is 100 Å². The number of para-hydroxylation sites is 1. The lowest BCUT2D eigenvalue weighted by molar-refractivity contribution is -0.120. The largest absolute Gasteiger partial charge is 0.361 e. The highest BCUT2D eigenvalue weighted by atomic mass is 16.1. The maximum atomic E-state index is 11.7. The van der Waals surface area contributed by atoms with Gasteiger partial charge in [-0.15, -0.1) is 6.42 Å². The molecule has 1 heterocycles. The second-order valence-corrected chi connectivity index (χ2v) is 3.99. The lowest BCUT2D eigenvalue weighted by Crippen LogP contribution is -2.32. The molecule has 0 bridgehead atoms. The number of nitrogens with one attached hydrogen (secondary N) is 2. The van der Waals surface area contributed by atoms with Crippen molar-refractivity contribution in [3.8, 4) is 12.3 Å². The van der Waals surface area contributed by atoms with Gasteiger partial charge in [-0.05, 0) is 18.6 Å². The molecule has 1 atom stereocenters. The van der Waals surface area contributed by atoms with Crippen LogP contribution in [0.15, 0.2) is 30.5 Å². The van der Waals surface area contributed by atoms with Crippen LogP contribution in [0.4, 0.5) is 0 Å². The highest BCUT2D eigenvalue weighted by Crippen LogP contribution is 2.17. The van der Waals surface area contributed by atoms with Gasteiger partial charge in [0.05, 0.1) is 12.5 Å². The summed E-state index contributed by atoms with van der Waals surface area (Å²) in [7, 11) is 0. The predicted molar refractivity (Wildman–Crippen MR) is 68.4 cm³/mol. The van der Waals surface area contributed by atoms with Crippen molar-refractivity contribution < 1.29 is 4.79 Å². The fourth-order valence-electron chi connectivity index (χ4n) is 1.79. The third-order valence-corrected chi connectivity index (χ3v) is 2.65. The second-order valence-electron chi connectivity index (χ2n) is 3.99. The molecule has 0 saturated carbocycles. The Morgan fingerprint density at radius 1 is 1.53 bits per heavy atom. The topological polar surface area (TPSA) is 44.9 Å². The van der Waals surface area contributed by atoms with Gasteiger partial charge in [0.2, 0.25) is 5.91 Å². The molecule has 1 amide bonds. The van der Waals surface area contributed by atoms with Crippen molar-refractivity contribution in [1.82, 2.24) is 10.3 Å². The number of fused-ring (bicyclic) bond motifs is 1. The van der Waals surface area contributed by atoms with Crippen molar-refractivity contribution in [2.24, 2.45) is 0 Å². The quantitative estimate of drug-likeness (QED) is 0.771. The molecular formula is C14H14N2O. The number of terminal acetylenes is 1. The predicted octanol–water partition coefficient (Wildman–Crippen LogP) is 1.85. The molecule has 0 fully saturated rings. The number of aromatic nitrogens is 1. The maximum absolute atomic E-state index is 11.7. The fraction of sp³-hybridized carbons (Fsp3) is 0.214. The molecule has 1 aromatic carbocycles. The third-order valence-electron chi connectivity index (χ3n) is 2.65. The van der Waals surface area contributed by atoms with Gasteiger partial charge in [0.25, 0.3) is 0 Å². The van der Waals surface area contributed by atoms with Crippen LogP contribution in [0.2, 0.25) is 0 Å². The lowest BCUT2D eigenvalue weighted by Gasteiger charge is -2.06. The first kappa shape index (κ1) is 11.3. The van der Waals surface area contributed by atoms with Crippen LogP contribution in [0.1, 0.15) is 12.5 Å². The summed E-state index contributed by atoms with van der Waals surface area (Å²) < 4.78 is 0. The van der Waals surface area contributed by atoms with E-state index >= 15 is 0 Å². The van der Waals surface area contributed by atoms with E-state index in [0.29, 0.717) is 6.42 Å². The van der Waals surface area contributed by atoms with Crippen molar-refractivity contribution in [3.63, 3.8) is 0 Å². The summed E-state index contributed by atoms with van der Waals surface area (Å²) in [6, 6.07) is 7.68. The molecule has 2 N–H and O–H groups in total. The van der Waals surface area contributed by atoms with E-state index in [1.54, 1.807) is 6.92 Å². The van der Waals surface area contributed by atoms with E-state index in [1.807, 2.05) is 30.5 Å². The Morgan fingerprint density at radius 3 is 3.06 bits per heavy atom. The molecule has 1 unspecified atom stereocenters. The molecule has 3 nitrogen and oxygen atoms in total. The van der Waals surface area contributed by atoms with Crippen LogP contribution in [0.3, 0.4) is 0 Å². The molecule has 1 aromatic heterocycles. The van der Waals surface area contributed by atoms with Gasteiger partial charge < -0.3 is 10.3 Å². The Balaban J connectivity index is 2.14. The van der Waals surface area contributed by atoms with Crippen molar-refractivity contribution in [2.75, 3.05) is 0 Å². The van der Waals surface area contributed by atoms with Crippen molar-refractivity contribution in [2.45, 2.75) is 19.4 Å². The number of benzene rings is 1. The molecule has 2 aromatic rings. The molecule has 0 aliphatic heterocycles. The first-order valence-electron chi connectivity index (χ1n) is 5.51. The minimum Gasteiger partial charge on any atom is -0.361 e. The summed E-state index contributed by atoms with van der Waals surface area (Å²) in [5.74, 6) is 2.42. The van der Waals surface area contributed by atoms with Crippen molar-refractivity contribution in [1.29, 1.82) is 0 Å². The number of hydrogen-bond acceptors (Lipinski definition) is 1. The molecule has 86 valence electrons. The van der Waals surface area contributed by atoms with Gasteiger partial charge in [-0.2, -0.15) is 0 Å². The molecule has 0 saturated heterocycles. The zero-order chi connectivity index (χ0) is 12.3. The Morgan fingerprint density at radius 2 is 2.29 bits per heavy atom. The van der Waals surface area contributed by atoms with Crippen LogP contribution in [0.5, 0.6) is 0 Å². The highest BCUT2D eigenvalue weighted by Gasteiger charge is 2.09. The van der Waals surface area contributed by atoms with Gasteiger partial charge in [0, 0.05) is 17.1 Å². The molecule has 2 rings (SSSR count). The molecule has 0 aliphatic carbocycles. The van der Waals surface area contributed by atoms with Gasteiger partial charge >= 0.3 is 0 Å². The van der Waals surface area contributed by atoms with Crippen molar-refractivity contribution >= 4 is 16.8 Å². The van der Waals surface area contributed by atoms with Crippen LogP contribution in [0, 0.1) is 12.3 Å². The SMILES string of the molecule is C#CC(C)NC(=O)Cc1c[nH]c2ccccc12. The van der Waals surface area contributed by atoms with E-state index < -0.39 is 0 Å². The number of amides is 1. The number of aromatic amines is 1. The molecule has 0 aliphatic rings. The average Bonchev–Trinajstić information content (AvgIpc) is 2.72.